The van der Waals surface area contributed by atoms with E-state index in [9.17, 15) is 13.6 Å². The number of carbonyl (C=O) groups is 1. The van der Waals surface area contributed by atoms with E-state index >= 15 is 0 Å². The van der Waals surface area contributed by atoms with Gasteiger partial charge in [-0.05, 0) is 54.6 Å². The molecule has 1 saturated heterocycles. The van der Waals surface area contributed by atoms with E-state index in [0.29, 0.717) is 36.3 Å². The molecule has 35 heavy (non-hydrogen) atoms. The summed E-state index contributed by atoms with van der Waals surface area (Å²) in [6.07, 6.45) is 1.69. The molecule has 1 aromatic rings. The fourth-order valence-corrected chi connectivity index (χ4v) is 5.46. The maximum atomic E-state index is 14.2. The molecule has 3 aliphatic heterocycles. The highest BCUT2D eigenvalue weighted by Crippen LogP contribution is 2.39. The first kappa shape index (κ1) is 25.4. The van der Waals surface area contributed by atoms with Crippen LogP contribution in [0.1, 0.15) is 49.3 Å². The van der Waals surface area contributed by atoms with Crippen LogP contribution in [0.2, 0.25) is 0 Å². The monoisotopic (exact) mass is 489 g/mol. The molecule has 0 radical (unpaired) electrons. The lowest BCUT2D eigenvalue weighted by Crippen LogP contribution is -2.50. The van der Waals surface area contributed by atoms with Gasteiger partial charge in [0.1, 0.15) is 6.17 Å². The van der Waals surface area contributed by atoms with Gasteiger partial charge in [0.2, 0.25) is 5.91 Å². The molecule has 8 nitrogen and oxygen atoms in total. The Hall–Kier alpha value is -2.69. The van der Waals surface area contributed by atoms with Crippen LogP contribution in [0.25, 0.3) is 5.57 Å². The second-order valence-corrected chi connectivity index (χ2v) is 9.39. The second-order valence-electron chi connectivity index (χ2n) is 9.39. The second kappa shape index (κ2) is 10.9. The number of hydrogen-bond acceptors (Lipinski definition) is 7. The van der Waals surface area contributed by atoms with E-state index in [1.807, 2.05) is 11.0 Å². The Morgan fingerprint density at radius 1 is 1.31 bits per heavy atom. The number of nitrogens with zero attached hydrogens (tertiary/aromatic N) is 2. The number of rotatable bonds is 8. The van der Waals surface area contributed by atoms with E-state index in [1.165, 1.54) is 0 Å². The minimum absolute atomic E-state index is 0.0611. The molecule has 10 heteroatoms. The van der Waals surface area contributed by atoms with Crippen molar-refractivity contribution in [3.63, 3.8) is 0 Å². The van der Waals surface area contributed by atoms with Crippen molar-refractivity contribution in [2.45, 2.75) is 51.2 Å². The number of carbonyl (C=O) groups excluding carboxylic acids is 1. The third kappa shape index (κ3) is 5.14. The summed E-state index contributed by atoms with van der Waals surface area (Å²) in [4.78, 5) is 16.2. The van der Waals surface area contributed by atoms with Crippen molar-refractivity contribution in [2.24, 2.45) is 11.5 Å². The molecule has 7 N–H and O–H groups in total. The van der Waals surface area contributed by atoms with Gasteiger partial charge in [-0.3, -0.25) is 4.79 Å². The number of alkyl halides is 2. The van der Waals surface area contributed by atoms with Crippen molar-refractivity contribution < 1.29 is 13.6 Å². The van der Waals surface area contributed by atoms with Crippen LogP contribution in [0, 0.1) is 0 Å². The molecule has 3 heterocycles. The molecule has 192 valence electrons. The molecule has 0 spiro atoms. The van der Waals surface area contributed by atoms with Gasteiger partial charge >= 0.3 is 0 Å². The Labute approximate surface area is 205 Å². The fourth-order valence-electron chi connectivity index (χ4n) is 5.46. The van der Waals surface area contributed by atoms with Crippen molar-refractivity contribution in [2.75, 3.05) is 44.7 Å². The molecule has 0 aliphatic carbocycles. The van der Waals surface area contributed by atoms with E-state index < -0.39 is 12.6 Å². The lowest BCUT2D eigenvalue weighted by atomic mass is 9.91. The zero-order valence-electron chi connectivity index (χ0n) is 20.5. The van der Waals surface area contributed by atoms with Gasteiger partial charge < -0.3 is 37.2 Å². The Bertz CT molecular complexity index is 1000. The van der Waals surface area contributed by atoms with Crippen molar-refractivity contribution in [1.29, 1.82) is 0 Å². The van der Waals surface area contributed by atoms with E-state index in [0.717, 1.165) is 49.3 Å². The highest BCUT2D eigenvalue weighted by molar-refractivity contribution is 5.77. The summed E-state index contributed by atoms with van der Waals surface area (Å²) in [5.41, 5.74) is 17.2. The first-order valence-corrected chi connectivity index (χ1v) is 12.4. The van der Waals surface area contributed by atoms with E-state index in [4.69, 9.17) is 11.5 Å². The van der Waals surface area contributed by atoms with Gasteiger partial charge in [-0.25, -0.2) is 8.78 Å². The van der Waals surface area contributed by atoms with Crippen LogP contribution in [0.5, 0.6) is 0 Å². The first-order valence-electron chi connectivity index (χ1n) is 12.4. The highest BCUT2D eigenvalue weighted by atomic mass is 19.3. The summed E-state index contributed by atoms with van der Waals surface area (Å²) in [6, 6.07) is 3.69. The lowest BCUT2D eigenvalue weighted by Gasteiger charge is -2.39. The number of fused-ring (bicyclic) bond motifs is 1. The summed E-state index contributed by atoms with van der Waals surface area (Å²) in [5.74, 6) is -0.0672. The van der Waals surface area contributed by atoms with Gasteiger partial charge in [-0.1, -0.05) is 0 Å². The maximum absolute atomic E-state index is 14.2. The van der Waals surface area contributed by atoms with Crippen molar-refractivity contribution in [3.8, 4) is 0 Å². The number of nitrogens with one attached hydrogen (secondary N) is 3. The number of anilines is 1. The number of amides is 1. The molecule has 4 rings (SSSR count). The quantitative estimate of drug-likeness (QED) is 0.377. The molecule has 0 aromatic heterocycles. The molecule has 1 aromatic carbocycles. The summed E-state index contributed by atoms with van der Waals surface area (Å²) < 4.78 is 28.4. The summed E-state index contributed by atoms with van der Waals surface area (Å²) in [6.45, 7) is 4.70. The van der Waals surface area contributed by atoms with Crippen LogP contribution < -0.4 is 32.3 Å². The van der Waals surface area contributed by atoms with Gasteiger partial charge in [0.15, 0.2) is 0 Å². The van der Waals surface area contributed by atoms with Gasteiger partial charge in [0.25, 0.3) is 6.43 Å². The van der Waals surface area contributed by atoms with Crippen molar-refractivity contribution in [3.05, 3.63) is 46.4 Å². The fraction of sp³-hybridized carbons (Fsp3) is 0.560. The van der Waals surface area contributed by atoms with E-state index in [2.05, 4.69) is 16.0 Å². The molecule has 1 amide bonds. The van der Waals surface area contributed by atoms with Gasteiger partial charge in [0, 0.05) is 75.8 Å². The standard InChI is InChI=1S/C25H37F2N7O/c1-15(35)33-9-6-21(32-18-5-7-31-14-18)23(33)25(29)34-8-3-4-16-10-19(17(12-28)13-30-2)20(24(26)27)11-22(16)34/h10-11,13,18,24-25,30-32H,3-9,12,14,28-29H2,1-2H3/b17-13+. The normalized spacial score (nSPS) is 21.6. The smallest absolute Gasteiger partial charge is 0.264 e. The topological polar surface area (TPSA) is 112 Å². The maximum Gasteiger partial charge on any atom is 0.264 e. The van der Waals surface area contributed by atoms with Crippen LogP contribution in [0.4, 0.5) is 14.5 Å². The third-order valence-corrected chi connectivity index (χ3v) is 7.14. The minimum atomic E-state index is -2.66. The average Bonchev–Trinajstić information content (AvgIpc) is 3.51. The predicted octanol–water partition coefficient (Wildman–Crippen LogP) is 1.60. The minimum Gasteiger partial charge on any atom is -0.394 e. The largest absolute Gasteiger partial charge is 0.394 e. The zero-order chi connectivity index (χ0) is 25.1. The van der Waals surface area contributed by atoms with Crippen molar-refractivity contribution in [1.82, 2.24) is 20.9 Å². The van der Waals surface area contributed by atoms with Crippen molar-refractivity contribution >= 4 is 17.2 Å². The molecule has 1 fully saturated rings. The Morgan fingerprint density at radius 2 is 2.11 bits per heavy atom. The molecule has 0 bridgehead atoms. The SMILES string of the molecule is CN/C=C(\CN)c1cc2c(cc1C(F)F)N(C(N)C1=C(NC3CCNC3)CCN1C(C)=O)CCC2. The van der Waals surface area contributed by atoms with Gasteiger partial charge in [-0.2, -0.15) is 0 Å². The van der Waals surface area contributed by atoms with Crippen LogP contribution in [0.15, 0.2) is 29.7 Å². The molecule has 2 atom stereocenters. The summed E-state index contributed by atoms with van der Waals surface area (Å²) >= 11 is 0. The van der Waals surface area contributed by atoms with Crippen LogP contribution in [-0.2, 0) is 11.2 Å². The zero-order valence-corrected chi connectivity index (χ0v) is 20.5. The molecule has 3 aliphatic rings. The van der Waals surface area contributed by atoms with E-state index in [-0.39, 0.29) is 24.1 Å². The van der Waals surface area contributed by atoms with Gasteiger partial charge in [0.05, 0.1) is 5.70 Å². The number of benzene rings is 1. The number of halogens is 2. The summed E-state index contributed by atoms with van der Waals surface area (Å²) in [5, 5.41) is 9.85. The van der Waals surface area contributed by atoms with Crippen LogP contribution >= 0.6 is 0 Å². The van der Waals surface area contributed by atoms with Crippen LogP contribution in [0.3, 0.4) is 0 Å². The number of aryl methyl sites for hydroxylation is 1. The Balaban J connectivity index is 1.74. The van der Waals surface area contributed by atoms with Gasteiger partial charge in [-0.15, -0.1) is 0 Å². The number of hydrogen-bond donors (Lipinski definition) is 5. The first-order chi connectivity index (χ1) is 16.8. The van der Waals surface area contributed by atoms with Crippen LogP contribution in [-0.4, -0.2) is 62.8 Å². The van der Waals surface area contributed by atoms with E-state index in [1.54, 1.807) is 31.1 Å². The molecule has 2 unspecified atom stereocenters. The highest BCUT2D eigenvalue weighted by Gasteiger charge is 2.36. The third-order valence-electron chi connectivity index (χ3n) is 7.14. The summed E-state index contributed by atoms with van der Waals surface area (Å²) in [7, 11) is 1.72. The average molecular weight is 490 g/mol. The molecular formula is C25H37F2N7O. The predicted molar refractivity (Wildman–Crippen MR) is 135 cm³/mol. The number of nitrogens with two attached hydrogens (primary N) is 2. The Morgan fingerprint density at radius 3 is 2.74 bits per heavy atom. The lowest BCUT2D eigenvalue weighted by molar-refractivity contribution is -0.126. The molecule has 0 saturated carbocycles. The molecular weight excluding hydrogens is 452 g/mol. The Kier molecular flexibility index (Phi) is 7.93.